The van der Waals surface area contributed by atoms with Crippen molar-refractivity contribution in [2.24, 2.45) is 0 Å². The molecule has 0 saturated carbocycles. The molecule has 2 aromatic carbocycles. The van der Waals surface area contributed by atoms with Crippen LogP contribution in [0.15, 0.2) is 36.4 Å². The number of morpholine rings is 2. The number of hydrogen-bond acceptors (Lipinski definition) is 10. The minimum Gasteiger partial charge on any atom is -0.442 e. The lowest BCUT2D eigenvalue weighted by Gasteiger charge is -2.29. The van der Waals surface area contributed by atoms with Crippen molar-refractivity contribution < 1.29 is 46.9 Å². The van der Waals surface area contributed by atoms with E-state index in [1.54, 1.807) is 24.3 Å². The first-order valence-corrected chi connectivity index (χ1v) is 15.8. The summed E-state index contributed by atoms with van der Waals surface area (Å²) >= 11 is 0. The lowest BCUT2D eigenvalue weighted by Crippen LogP contribution is -2.36. The van der Waals surface area contributed by atoms with Crippen molar-refractivity contribution in [2.75, 3.05) is 98.4 Å². The highest BCUT2D eigenvalue weighted by Gasteiger charge is 2.34. The van der Waals surface area contributed by atoms with Gasteiger partial charge in [-0.1, -0.05) is 7.43 Å². The molecule has 2 aromatic rings. The number of nitrogens with zero attached hydrogens (tertiary/aromatic N) is 4. The maximum Gasteiger partial charge on any atom is 0.414 e. The molecule has 0 spiro atoms. The molecule has 4 heterocycles. The minimum absolute atomic E-state index is 0. The number of anilines is 4. The van der Waals surface area contributed by atoms with Crippen molar-refractivity contribution in [3.8, 4) is 0 Å². The number of ether oxygens (including phenoxy) is 4. The first kappa shape index (κ1) is 37.1. The molecule has 2 atom stereocenters. The minimum atomic E-state index is -0.538. The molecular weight excluding hydrogens is 646 g/mol. The summed E-state index contributed by atoms with van der Waals surface area (Å²) in [4.78, 5) is 52.4. The zero-order valence-electron chi connectivity index (χ0n) is 26.9. The first-order chi connectivity index (χ1) is 23.1. The molecule has 4 fully saturated rings. The Balaban J connectivity index is 0.000000216. The molecule has 49 heavy (non-hydrogen) atoms. The summed E-state index contributed by atoms with van der Waals surface area (Å²) in [5.41, 5.74) is 1.90. The maximum absolute atomic E-state index is 14.4. The second-order valence-electron chi connectivity index (χ2n) is 11.6. The Kier molecular flexibility index (Phi) is 13.0. The van der Waals surface area contributed by atoms with Crippen LogP contribution in [-0.2, 0) is 28.5 Å². The van der Waals surface area contributed by atoms with E-state index in [1.165, 1.54) is 35.8 Å². The zero-order chi connectivity index (χ0) is 34.2. The molecule has 4 amide bonds. The molecule has 4 aliphatic rings. The quantitative estimate of drug-likeness (QED) is 0.425. The van der Waals surface area contributed by atoms with E-state index < -0.39 is 24.4 Å². The van der Waals surface area contributed by atoms with E-state index in [2.05, 4.69) is 10.6 Å². The molecule has 0 radical (unpaired) electrons. The fourth-order valence-corrected chi connectivity index (χ4v) is 5.64. The van der Waals surface area contributed by atoms with E-state index in [0.717, 1.165) is 0 Å². The van der Waals surface area contributed by atoms with Crippen molar-refractivity contribution in [1.29, 1.82) is 0 Å². The molecule has 0 aliphatic carbocycles. The van der Waals surface area contributed by atoms with Gasteiger partial charge >= 0.3 is 12.2 Å². The summed E-state index contributed by atoms with van der Waals surface area (Å²) in [5.74, 6) is -1.14. The lowest BCUT2D eigenvalue weighted by atomic mass is 10.2. The molecule has 1 unspecified atom stereocenters. The van der Waals surface area contributed by atoms with E-state index in [4.69, 9.17) is 18.9 Å². The van der Waals surface area contributed by atoms with Gasteiger partial charge in [-0.05, 0) is 36.4 Å². The van der Waals surface area contributed by atoms with Gasteiger partial charge in [0.2, 0.25) is 11.8 Å². The number of hydrogen-bond donors (Lipinski definition) is 2. The molecule has 4 aliphatic heterocycles. The molecular formula is C33H44F2N6O8. The predicted molar refractivity (Wildman–Crippen MR) is 178 cm³/mol. The van der Waals surface area contributed by atoms with Crippen LogP contribution in [0.2, 0.25) is 0 Å². The monoisotopic (exact) mass is 690 g/mol. The topological polar surface area (TPSA) is 142 Å². The highest BCUT2D eigenvalue weighted by molar-refractivity contribution is 5.91. The molecule has 16 heteroatoms. The van der Waals surface area contributed by atoms with E-state index in [9.17, 15) is 28.0 Å². The lowest BCUT2D eigenvalue weighted by molar-refractivity contribution is -0.120. The Bertz CT molecular complexity index is 1380. The van der Waals surface area contributed by atoms with E-state index in [-0.39, 0.29) is 57.1 Å². The first-order valence-electron chi connectivity index (χ1n) is 15.8. The number of halogens is 2. The number of nitrogens with one attached hydrogen (secondary N) is 2. The van der Waals surface area contributed by atoms with Crippen molar-refractivity contribution in [2.45, 2.75) is 33.5 Å². The highest BCUT2D eigenvalue weighted by Crippen LogP contribution is 2.30. The molecule has 14 nitrogen and oxygen atoms in total. The zero-order valence-corrected chi connectivity index (χ0v) is 26.9. The van der Waals surface area contributed by atoms with Gasteiger partial charge in [0, 0.05) is 40.0 Å². The normalized spacial score (nSPS) is 20.5. The van der Waals surface area contributed by atoms with Crippen LogP contribution >= 0.6 is 0 Å². The van der Waals surface area contributed by atoms with Crippen LogP contribution in [0.5, 0.6) is 0 Å². The number of benzene rings is 2. The van der Waals surface area contributed by atoms with Gasteiger partial charge in [0.1, 0.15) is 23.8 Å². The predicted octanol–water partition coefficient (Wildman–Crippen LogP) is 2.88. The number of carbonyl (C=O) groups excluding carboxylic acids is 4. The third kappa shape index (κ3) is 9.69. The van der Waals surface area contributed by atoms with Gasteiger partial charge in [0.05, 0.1) is 75.4 Å². The van der Waals surface area contributed by atoms with Crippen molar-refractivity contribution in [3.05, 3.63) is 48.0 Å². The van der Waals surface area contributed by atoms with Crippen molar-refractivity contribution in [3.63, 3.8) is 0 Å². The summed E-state index contributed by atoms with van der Waals surface area (Å²) in [5, 5.41) is 5.22. The average Bonchev–Trinajstić information content (AvgIpc) is 3.65. The van der Waals surface area contributed by atoms with Gasteiger partial charge < -0.3 is 39.4 Å². The van der Waals surface area contributed by atoms with E-state index in [0.29, 0.717) is 75.4 Å². The van der Waals surface area contributed by atoms with Crippen LogP contribution in [0, 0.1) is 11.6 Å². The van der Waals surface area contributed by atoms with Gasteiger partial charge in [-0.3, -0.25) is 19.4 Å². The fourth-order valence-electron chi connectivity index (χ4n) is 5.64. The summed E-state index contributed by atoms with van der Waals surface area (Å²) < 4.78 is 49.8. The Morgan fingerprint density at radius 2 is 1.06 bits per heavy atom. The second-order valence-corrected chi connectivity index (χ2v) is 11.6. The van der Waals surface area contributed by atoms with Crippen LogP contribution < -0.4 is 30.2 Å². The van der Waals surface area contributed by atoms with Gasteiger partial charge in [-0.15, -0.1) is 0 Å². The largest absolute Gasteiger partial charge is 0.442 e. The second kappa shape index (κ2) is 17.1. The summed E-state index contributed by atoms with van der Waals surface area (Å²) in [6, 6.07) is 9.43. The Morgan fingerprint density at radius 3 is 1.39 bits per heavy atom. The number of rotatable bonds is 8. The number of cyclic esters (lactones) is 2. The Labute approximate surface area is 284 Å². The summed E-state index contributed by atoms with van der Waals surface area (Å²) in [6.07, 6.45) is -1.96. The Morgan fingerprint density at radius 1 is 0.694 bits per heavy atom. The van der Waals surface area contributed by atoms with Crippen LogP contribution in [0.25, 0.3) is 0 Å². The number of amides is 4. The van der Waals surface area contributed by atoms with Gasteiger partial charge in [0.15, 0.2) is 0 Å². The van der Waals surface area contributed by atoms with Gasteiger partial charge in [-0.2, -0.15) is 0 Å². The average molecular weight is 691 g/mol. The van der Waals surface area contributed by atoms with E-state index in [1.807, 2.05) is 9.80 Å². The third-order valence-electron chi connectivity index (χ3n) is 8.09. The third-order valence-corrected chi connectivity index (χ3v) is 8.09. The molecule has 4 saturated heterocycles. The summed E-state index contributed by atoms with van der Waals surface area (Å²) in [7, 11) is 0. The van der Waals surface area contributed by atoms with Crippen LogP contribution in [0.4, 0.5) is 41.1 Å². The SMILES string of the molecule is C.CC(=O)NCC1CN(c2ccc(N3CCOCC3)c(F)c2)C(=O)O1.CC(=O)NC[C@H]1CN(c2ccc(N3CCOCC3)c(F)c2)C(=O)O1. The van der Waals surface area contributed by atoms with Crippen molar-refractivity contribution in [1.82, 2.24) is 10.6 Å². The van der Waals surface area contributed by atoms with Gasteiger partial charge in [-0.25, -0.2) is 18.4 Å². The van der Waals surface area contributed by atoms with Crippen LogP contribution in [0.1, 0.15) is 21.3 Å². The Hall–Kier alpha value is -4.70. The van der Waals surface area contributed by atoms with E-state index >= 15 is 0 Å². The van der Waals surface area contributed by atoms with Crippen LogP contribution in [0.3, 0.4) is 0 Å². The number of carbonyl (C=O) groups is 4. The molecule has 0 bridgehead atoms. The van der Waals surface area contributed by atoms with Crippen LogP contribution in [-0.4, -0.2) is 115 Å². The van der Waals surface area contributed by atoms with Gasteiger partial charge in [0.25, 0.3) is 0 Å². The smallest absolute Gasteiger partial charge is 0.414 e. The fraction of sp³-hybridized carbons (Fsp3) is 0.515. The highest BCUT2D eigenvalue weighted by atomic mass is 19.1. The molecule has 6 rings (SSSR count). The molecule has 268 valence electrons. The summed E-state index contributed by atoms with van der Waals surface area (Å²) in [6.45, 7) is 8.68. The molecule has 2 N–H and O–H groups in total. The maximum atomic E-state index is 14.4. The standard InChI is InChI=1S/2C16H20FN3O4.CH4/c2*1-11(21)18-9-13-10-20(16(22)24-13)12-2-3-15(14(17)8-12)19-4-6-23-7-5-19;/h2*2-3,8,13H,4-7,9-10H2,1H3,(H,18,21);1H4/t13-;;/m0../s1. The van der Waals surface area contributed by atoms with Crippen molar-refractivity contribution >= 4 is 46.8 Å². The molecule has 0 aromatic heterocycles.